The van der Waals surface area contributed by atoms with Gasteiger partial charge in [0, 0.05) is 51.4 Å². The van der Waals surface area contributed by atoms with E-state index in [1.165, 1.54) is 18.7 Å². The fourth-order valence-corrected chi connectivity index (χ4v) is 3.80. The van der Waals surface area contributed by atoms with Crippen LogP contribution in [0, 0.1) is 11.7 Å². The molecule has 1 fully saturated rings. The lowest BCUT2D eigenvalue weighted by atomic mass is 10.0. The Balaban J connectivity index is 1.49. The smallest absolute Gasteiger partial charge is 0.191 e. The first-order valence-electron chi connectivity index (χ1n) is 11.1. The van der Waals surface area contributed by atoms with Crippen molar-refractivity contribution in [3.05, 3.63) is 48.0 Å². The molecule has 0 radical (unpaired) electrons. The summed E-state index contributed by atoms with van der Waals surface area (Å²) in [6.45, 7) is 11.6. The molecule has 1 aliphatic heterocycles. The van der Waals surface area contributed by atoms with Crippen molar-refractivity contribution in [2.24, 2.45) is 10.9 Å². The van der Waals surface area contributed by atoms with Crippen LogP contribution in [-0.4, -0.2) is 59.4 Å². The number of aromatic nitrogens is 2. The van der Waals surface area contributed by atoms with E-state index in [0.29, 0.717) is 12.6 Å². The van der Waals surface area contributed by atoms with Crippen LogP contribution in [0.25, 0.3) is 5.69 Å². The number of halogens is 1. The molecule has 0 aliphatic carbocycles. The van der Waals surface area contributed by atoms with Crippen molar-refractivity contribution in [3.8, 4) is 5.69 Å². The molecule has 30 heavy (non-hydrogen) atoms. The van der Waals surface area contributed by atoms with Crippen LogP contribution < -0.4 is 10.6 Å². The normalized spacial score (nSPS) is 16.2. The summed E-state index contributed by atoms with van der Waals surface area (Å²) in [5.74, 6) is 1.37. The van der Waals surface area contributed by atoms with Gasteiger partial charge in [-0.2, -0.15) is 5.10 Å². The van der Waals surface area contributed by atoms with Gasteiger partial charge < -0.3 is 15.5 Å². The fraction of sp³-hybridized carbons (Fsp3) is 0.565. The highest BCUT2D eigenvalue weighted by atomic mass is 19.1. The van der Waals surface area contributed by atoms with Crippen LogP contribution in [0.5, 0.6) is 0 Å². The van der Waals surface area contributed by atoms with E-state index >= 15 is 0 Å². The van der Waals surface area contributed by atoms with Crippen molar-refractivity contribution in [2.75, 3.05) is 32.7 Å². The number of piperidine rings is 1. The minimum Gasteiger partial charge on any atom is -0.357 e. The van der Waals surface area contributed by atoms with Gasteiger partial charge in [-0.05, 0) is 56.0 Å². The third-order valence-electron chi connectivity index (χ3n) is 5.27. The number of guanidine groups is 1. The quantitative estimate of drug-likeness (QED) is 0.514. The standard InChI is InChI=1S/C23H35FN6/c1-4-25-23(27-20-10-14-29(15-11-20)17-18(2)3)26-13-9-21-12-16-30(28-21)22-7-5-19(24)6-8-22/h5-8,12,16,18,20H,4,9-11,13-15,17H2,1-3H3,(H2,25,26,27). The highest BCUT2D eigenvalue weighted by Crippen LogP contribution is 2.12. The molecule has 6 nitrogen and oxygen atoms in total. The summed E-state index contributed by atoms with van der Waals surface area (Å²) in [4.78, 5) is 7.31. The van der Waals surface area contributed by atoms with E-state index in [9.17, 15) is 4.39 Å². The molecule has 0 saturated carbocycles. The summed E-state index contributed by atoms with van der Waals surface area (Å²) >= 11 is 0. The van der Waals surface area contributed by atoms with Gasteiger partial charge >= 0.3 is 0 Å². The van der Waals surface area contributed by atoms with Gasteiger partial charge in [0.15, 0.2) is 5.96 Å². The molecule has 0 amide bonds. The molecule has 1 aromatic heterocycles. The van der Waals surface area contributed by atoms with E-state index in [4.69, 9.17) is 4.99 Å². The molecule has 164 valence electrons. The van der Waals surface area contributed by atoms with Gasteiger partial charge in [-0.1, -0.05) is 13.8 Å². The second-order valence-corrected chi connectivity index (χ2v) is 8.35. The first-order chi connectivity index (χ1) is 14.5. The Bertz CT molecular complexity index is 790. The SMILES string of the molecule is CCNC(=NCCc1ccn(-c2ccc(F)cc2)n1)NC1CCN(CC(C)C)CC1. The molecular weight excluding hydrogens is 379 g/mol. The van der Waals surface area contributed by atoms with E-state index < -0.39 is 0 Å². The largest absolute Gasteiger partial charge is 0.357 e. The number of rotatable bonds is 8. The number of nitrogens with zero attached hydrogens (tertiary/aromatic N) is 4. The molecule has 2 aromatic rings. The lowest BCUT2D eigenvalue weighted by Crippen LogP contribution is -2.49. The Morgan fingerprint density at radius 3 is 2.60 bits per heavy atom. The molecule has 7 heteroatoms. The van der Waals surface area contributed by atoms with Crippen molar-refractivity contribution in [2.45, 2.75) is 46.1 Å². The second-order valence-electron chi connectivity index (χ2n) is 8.35. The number of likely N-dealkylation sites (tertiary alicyclic amines) is 1. The van der Waals surface area contributed by atoms with Crippen LogP contribution in [0.3, 0.4) is 0 Å². The van der Waals surface area contributed by atoms with Crippen LogP contribution in [0.1, 0.15) is 39.3 Å². The average molecular weight is 415 g/mol. The van der Waals surface area contributed by atoms with Crippen molar-refractivity contribution in [1.82, 2.24) is 25.3 Å². The minimum absolute atomic E-state index is 0.241. The molecule has 1 aliphatic rings. The topological polar surface area (TPSA) is 57.5 Å². The van der Waals surface area contributed by atoms with Crippen LogP contribution in [-0.2, 0) is 6.42 Å². The number of aliphatic imine (C=N–C) groups is 1. The second kappa shape index (κ2) is 11.1. The molecular formula is C23H35FN6. The summed E-state index contributed by atoms with van der Waals surface area (Å²) < 4.78 is 14.9. The summed E-state index contributed by atoms with van der Waals surface area (Å²) in [6, 6.07) is 8.81. The van der Waals surface area contributed by atoms with E-state index in [1.54, 1.807) is 16.8 Å². The number of hydrogen-bond donors (Lipinski definition) is 2. The van der Waals surface area contributed by atoms with E-state index in [0.717, 1.165) is 62.2 Å². The monoisotopic (exact) mass is 414 g/mol. The highest BCUT2D eigenvalue weighted by Gasteiger charge is 2.20. The third kappa shape index (κ3) is 6.83. The van der Waals surface area contributed by atoms with Gasteiger partial charge in [-0.3, -0.25) is 4.99 Å². The summed E-state index contributed by atoms with van der Waals surface area (Å²) in [5, 5.41) is 11.5. The molecule has 2 heterocycles. The summed E-state index contributed by atoms with van der Waals surface area (Å²) in [7, 11) is 0. The first kappa shape index (κ1) is 22.3. The Hall–Kier alpha value is -2.41. The maximum Gasteiger partial charge on any atom is 0.191 e. The third-order valence-corrected chi connectivity index (χ3v) is 5.27. The van der Waals surface area contributed by atoms with Crippen LogP contribution in [0.2, 0.25) is 0 Å². The molecule has 0 atom stereocenters. The minimum atomic E-state index is -0.241. The Morgan fingerprint density at radius 1 is 1.20 bits per heavy atom. The van der Waals surface area contributed by atoms with Gasteiger partial charge in [-0.25, -0.2) is 9.07 Å². The Labute approximate surface area is 179 Å². The molecule has 0 spiro atoms. The predicted molar refractivity (Wildman–Crippen MR) is 121 cm³/mol. The number of benzene rings is 1. The molecule has 2 N–H and O–H groups in total. The van der Waals surface area contributed by atoms with Gasteiger partial charge in [0.05, 0.1) is 11.4 Å². The van der Waals surface area contributed by atoms with Crippen molar-refractivity contribution < 1.29 is 4.39 Å². The van der Waals surface area contributed by atoms with E-state index in [2.05, 4.69) is 41.4 Å². The Kier molecular flexibility index (Phi) is 8.25. The van der Waals surface area contributed by atoms with E-state index in [-0.39, 0.29) is 5.82 Å². The summed E-state index contributed by atoms with van der Waals surface area (Å²) in [5.41, 5.74) is 1.82. The predicted octanol–water partition coefficient (Wildman–Crippen LogP) is 3.23. The maximum atomic E-state index is 13.1. The highest BCUT2D eigenvalue weighted by molar-refractivity contribution is 5.80. The lowest BCUT2D eigenvalue weighted by Gasteiger charge is -2.34. The van der Waals surface area contributed by atoms with Gasteiger partial charge in [0.25, 0.3) is 0 Å². The zero-order chi connectivity index (χ0) is 21.3. The maximum absolute atomic E-state index is 13.1. The lowest BCUT2D eigenvalue weighted by molar-refractivity contribution is 0.187. The van der Waals surface area contributed by atoms with Crippen molar-refractivity contribution >= 4 is 5.96 Å². The molecule has 0 bridgehead atoms. The summed E-state index contributed by atoms with van der Waals surface area (Å²) in [6.07, 6.45) is 4.97. The van der Waals surface area contributed by atoms with E-state index in [1.807, 2.05) is 12.3 Å². The number of hydrogen-bond acceptors (Lipinski definition) is 3. The molecule has 0 unspecified atom stereocenters. The van der Waals surface area contributed by atoms with Crippen LogP contribution in [0.4, 0.5) is 4.39 Å². The van der Waals surface area contributed by atoms with Crippen molar-refractivity contribution in [3.63, 3.8) is 0 Å². The van der Waals surface area contributed by atoms with Crippen LogP contribution >= 0.6 is 0 Å². The fourth-order valence-electron chi connectivity index (χ4n) is 3.80. The average Bonchev–Trinajstić information content (AvgIpc) is 3.18. The number of nitrogens with one attached hydrogen (secondary N) is 2. The van der Waals surface area contributed by atoms with Gasteiger partial charge in [0.1, 0.15) is 5.82 Å². The first-order valence-corrected chi connectivity index (χ1v) is 11.1. The van der Waals surface area contributed by atoms with Gasteiger partial charge in [-0.15, -0.1) is 0 Å². The van der Waals surface area contributed by atoms with Gasteiger partial charge in [0.2, 0.25) is 0 Å². The molecule has 1 aromatic carbocycles. The van der Waals surface area contributed by atoms with Crippen LogP contribution in [0.15, 0.2) is 41.5 Å². The Morgan fingerprint density at radius 2 is 1.93 bits per heavy atom. The molecule has 1 saturated heterocycles. The molecule has 3 rings (SSSR count). The zero-order valence-corrected chi connectivity index (χ0v) is 18.4. The zero-order valence-electron chi connectivity index (χ0n) is 18.4. The van der Waals surface area contributed by atoms with Crippen molar-refractivity contribution in [1.29, 1.82) is 0 Å².